The number of hydrogen-bond donors (Lipinski definition) is 2. The highest BCUT2D eigenvalue weighted by Crippen LogP contribution is 2.36. The number of aryl methyl sites for hydroxylation is 4. The Kier molecular flexibility index (Phi) is 18.7. The van der Waals surface area contributed by atoms with Crippen LogP contribution in [-0.2, 0) is 22.7 Å². The first-order valence-electron chi connectivity index (χ1n) is 20.7. The van der Waals surface area contributed by atoms with Gasteiger partial charge in [-0.15, -0.1) is 0 Å². The molecule has 2 N–H and O–H groups in total. The number of halogens is 1. The lowest BCUT2D eigenvalue weighted by atomic mass is 10.1. The fraction of sp³-hybridized carbons (Fsp3) is 0.458. The fourth-order valence-electron chi connectivity index (χ4n) is 8.13. The SMILES string of the molecule is Cc1cc(OCCC(=O)NCc2ccccc2)cc(C)c1[SiH](C(C)C)C(C)C.Cc1cc(OCCC(=O)NCc2ccccc2)cc(C)c1[Si]([18F])(C(C)C)C(C)C. The highest BCUT2D eigenvalue weighted by Gasteiger charge is 2.45. The standard InChI is InChI=1S/C24H34FNO2Si.C24H35NO2Si/c1-17(2)29(25,18(3)4)24-19(5)14-22(15-20(24)6)28-13-12-23(27)26-16-21-10-8-7-9-11-21;1-17(2)28(18(3)4)24-19(5)14-22(15-20(24)6)27-13-12-23(26)25-16-21-10-8-7-9-11-21/h7-11,14-15,17-18H,12-13,16H2,1-6H3,(H,26,27);7-11,14-15,17-18,28H,12-13,16H2,1-6H3,(H,25,26)/i25-1;. The molecule has 0 aromatic heterocycles. The molecule has 0 bridgehead atoms. The second-order valence-electron chi connectivity index (χ2n) is 16.7. The van der Waals surface area contributed by atoms with E-state index >= 15 is 4.11 Å². The normalized spacial score (nSPS) is 11.5. The minimum atomic E-state index is -3.10. The van der Waals surface area contributed by atoms with Crippen molar-refractivity contribution in [3.05, 3.63) is 118 Å². The molecule has 2 amide bonds. The number of carbonyl (C=O) groups is 2. The number of hydrogen-bond acceptors (Lipinski definition) is 4. The molecule has 0 saturated carbocycles. The third-order valence-corrected chi connectivity index (χ3v) is 20.1. The van der Waals surface area contributed by atoms with Crippen LogP contribution in [0.1, 0.15) is 102 Å². The van der Waals surface area contributed by atoms with Crippen LogP contribution in [0.5, 0.6) is 11.5 Å². The van der Waals surface area contributed by atoms with Crippen LogP contribution in [0, 0.1) is 27.7 Å². The summed E-state index contributed by atoms with van der Waals surface area (Å²) in [7, 11) is -4.14. The molecule has 4 aromatic rings. The van der Waals surface area contributed by atoms with Crippen molar-refractivity contribution < 1.29 is 23.2 Å². The molecule has 0 heterocycles. The summed E-state index contributed by atoms with van der Waals surface area (Å²) in [4.78, 5) is 24.1. The van der Waals surface area contributed by atoms with Gasteiger partial charge in [0.15, 0.2) is 0 Å². The zero-order chi connectivity index (χ0) is 42.3. The van der Waals surface area contributed by atoms with E-state index in [1.165, 1.54) is 11.1 Å². The van der Waals surface area contributed by atoms with E-state index in [0.29, 0.717) is 38.5 Å². The molecule has 0 aliphatic heterocycles. The van der Waals surface area contributed by atoms with E-state index in [1.807, 2.05) is 114 Å². The van der Waals surface area contributed by atoms with E-state index in [0.717, 1.165) is 44.3 Å². The molecule has 57 heavy (non-hydrogen) atoms. The second kappa shape index (κ2) is 22.7. The van der Waals surface area contributed by atoms with Crippen LogP contribution in [0.25, 0.3) is 0 Å². The highest BCUT2D eigenvalue weighted by molar-refractivity contribution is 6.89. The maximum Gasteiger partial charge on any atom is 0.283 e. The summed E-state index contributed by atoms with van der Waals surface area (Å²) in [6, 6.07) is 27.9. The van der Waals surface area contributed by atoms with Crippen molar-refractivity contribution in [1.82, 2.24) is 10.6 Å². The molecule has 9 heteroatoms. The van der Waals surface area contributed by atoms with Crippen LogP contribution < -0.4 is 30.5 Å². The molecule has 4 rings (SSSR count). The van der Waals surface area contributed by atoms with Gasteiger partial charge in [-0.1, -0.05) is 121 Å². The molecule has 6 nitrogen and oxygen atoms in total. The van der Waals surface area contributed by atoms with E-state index in [2.05, 4.69) is 64.3 Å². The van der Waals surface area contributed by atoms with Gasteiger partial charge in [-0.25, -0.2) is 0 Å². The van der Waals surface area contributed by atoms with Gasteiger partial charge in [0.1, 0.15) is 11.5 Å². The largest absolute Gasteiger partial charge is 0.493 e. The molecule has 0 aliphatic carbocycles. The molecule has 0 saturated heterocycles. The Morgan fingerprint density at radius 2 is 0.947 bits per heavy atom. The Balaban J connectivity index is 0.000000306. The van der Waals surface area contributed by atoms with Crippen LogP contribution >= 0.6 is 0 Å². The van der Waals surface area contributed by atoms with E-state index in [-0.39, 0.29) is 29.3 Å². The van der Waals surface area contributed by atoms with Crippen molar-refractivity contribution in [2.24, 2.45) is 0 Å². The monoisotopic (exact) mass is 811 g/mol. The third-order valence-electron chi connectivity index (χ3n) is 10.8. The van der Waals surface area contributed by atoms with Crippen molar-refractivity contribution in [1.29, 1.82) is 0 Å². The zero-order valence-electron chi connectivity index (χ0n) is 36.7. The fourth-order valence-corrected chi connectivity index (χ4v) is 16.1. The Bertz CT molecular complexity index is 1800. The highest BCUT2D eigenvalue weighted by atomic mass is 28.4. The number of rotatable bonds is 18. The summed E-state index contributed by atoms with van der Waals surface area (Å²) >= 11 is 0. The number of carbonyl (C=O) groups excluding carboxylic acids is 2. The predicted molar refractivity (Wildman–Crippen MR) is 242 cm³/mol. The van der Waals surface area contributed by atoms with Crippen LogP contribution in [0.15, 0.2) is 84.9 Å². The quantitative estimate of drug-likeness (QED) is 0.0775. The minimum Gasteiger partial charge on any atom is -0.493 e. The summed E-state index contributed by atoms with van der Waals surface area (Å²) in [5, 5.41) is 8.32. The van der Waals surface area contributed by atoms with Crippen LogP contribution in [0.4, 0.5) is 4.11 Å². The Morgan fingerprint density at radius 1 is 0.596 bits per heavy atom. The maximum absolute atomic E-state index is 16.1. The maximum atomic E-state index is 16.1. The van der Waals surface area contributed by atoms with Gasteiger partial charge < -0.3 is 24.2 Å². The number of nitrogens with one attached hydrogen (secondary N) is 2. The molecule has 0 spiro atoms. The van der Waals surface area contributed by atoms with Crippen molar-refractivity contribution in [2.45, 2.75) is 131 Å². The van der Waals surface area contributed by atoms with Crippen molar-refractivity contribution >= 4 is 39.4 Å². The Morgan fingerprint density at radius 3 is 1.28 bits per heavy atom. The predicted octanol–water partition coefficient (Wildman–Crippen LogP) is 9.97. The first kappa shape index (κ1) is 47.2. The van der Waals surface area contributed by atoms with Gasteiger partial charge in [0.2, 0.25) is 11.8 Å². The average molecular weight is 812 g/mol. The molecular weight excluding hydrogens is 743 g/mol. The molecule has 0 unspecified atom stereocenters. The number of amides is 2. The van der Waals surface area contributed by atoms with E-state index < -0.39 is 17.2 Å². The molecule has 0 fully saturated rings. The molecule has 4 aromatic carbocycles. The van der Waals surface area contributed by atoms with Crippen molar-refractivity contribution in [2.75, 3.05) is 13.2 Å². The third kappa shape index (κ3) is 14.0. The second-order valence-corrected chi connectivity index (χ2v) is 25.4. The number of benzene rings is 4. The van der Waals surface area contributed by atoms with Crippen molar-refractivity contribution in [3.8, 4) is 11.5 Å². The van der Waals surface area contributed by atoms with E-state index in [9.17, 15) is 9.59 Å². The van der Waals surface area contributed by atoms with Crippen LogP contribution in [0.3, 0.4) is 0 Å². The van der Waals surface area contributed by atoms with Crippen LogP contribution in [0.2, 0.25) is 22.2 Å². The van der Waals surface area contributed by atoms with Gasteiger partial charge in [-0.05, 0) is 113 Å². The summed E-state index contributed by atoms with van der Waals surface area (Å²) in [6.45, 7) is 27.5. The first-order chi connectivity index (χ1) is 26.9. The van der Waals surface area contributed by atoms with Crippen molar-refractivity contribution in [3.63, 3.8) is 0 Å². The van der Waals surface area contributed by atoms with Gasteiger partial charge in [-0.3, -0.25) is 9.59 Å². The van der Waals surface area contributed by atoms with E-state index in [4.69, 9.17) is 9.47 Å². The Labute approximate surface area is 346 Å². The van der Waals surface area contributed by atoms with E-state index in [1.54, 1.807) is 5.19 Å². The molecule has 0 aliphatic rings. The summed E-state index contributed by atoms with van der Waals surface area (Å²) in [5.41, 5.74) is 8.24. The molecule has 0 radical (unpaired) electrons. The summed E-state index contributed by atoms with van der Waals surface area (Å²) in [5.74, 6) is 1.54. The minimum absolute atomic E-state index is 0.0139. The smallest absolute Gasteiger partial charge is 0.283 e. The lowest BCUT2D eigenvalue weighted by Crippen LogP contribution is -2.51. The van der Waals surface area contributed by atoms with Crippen LogP contribution in [-0.4, -0.2) is 42.2 Å². The Hall–Kier alpha value is -4.22. The topological polar surface area (TPSA) is 76.7 Å². The molecular formula is C48H69FN2O4Si2. The first-order valence-corrected chi connectivity index (χ1v) is 24.7. The van der Waals surface area contributed by atoms with Gasteiger partial charge in [0, 0.05) is 13.1 Å². The molecule has 0 atom stereocenters. The lowest BCUT2D eigenvalue weighted by Gasteiger charge is -2.33. The average Bonchev–Trinajstić information content (AvgIpc) is 3.15. The zero-order valence-corrected chi connectivity index (χ0v) is 38.9. The summed E-state index contributed by atoms with van der Waals surface area (Å²) < 4.78 is 27.8. The number of ether oxygens (including phenoxy) is 2. The van der Waals surface area contributed by atoms with Gasteiger partial charge in [-0.2, -0.15) is 0 Å². The van der Waals surface area contributed by atoms with Gasteiger partial charge in [0.05, 0.1) is 34.9 Å². The van der Waals surface area contributed by atoms with Gasteiger partial charge >= 0.3 is 0 Å². The molecule has 310 valence electrons. The summed E-state index contributed by atoms with van der Waals surface area (Å²) in [6.07, 6.45) is 0.647. The van der Waals surface area contributed by atoms with Gasteiger partial charge in [0.25, 0.3) is 8.41 Å². The lowest BCUT2D eigenvalue weighted by molar-refractivity contribution is -0.122.